The summed E-state index contributed by atoms with van der Waals surface area (Å²) in [6.45, 7) is 7.31. The summed E-state index contributed by atoms with van der Waals surface area (Å²) in [4.78, 5) is 15.4. The SMILES string of the molecule is CCN(c1cnnc(Nc2ccc3ncc(C(C=N)C=NC)cc3n2)c1)C(C)C. The van der Waals surface area contributed by atoms with Gasteiger partial charge in [-0.3, -0.25) is 9.98 Å². The van der Waals surface area contributed by atoms with Gasteiger partial charge in [-0.25, -0.2) is 4.98 Å². The summed E-state index contributed by atoms with van der Waals surface area (Å²) < 4.78 is 0. The predicted octanol–water partition coefficient (Wildman–Crippen LogP) is 3.83. The van der Waals surface area contributed by atoms with Crippen LogP contribution in [0.1, 0.15) is 32.3 Å². The van der Waals surface area contributed by atoms with Crippen LogP contribution < -0.4 is 10.2 Å². The molecule has 1 unspecified atom stereocenters. The number of aromatic nitrogens is 4. The van der Waals surface area contributed by atoms with E-state index in [1.807, 2.05) is 24.3 Å². The van der Waals surface area contributed by atoms with E-state index in [2.05, 4.69) is 56.1 Å². The summed E-state index contributed by atoms with van der Waals surface area (Å²) in [6, 6.07) is 8.05. The molecule has 3 rings (SSSR count). The Morgan fingerprint density at radius 3 is 2.69 bits per heavy atom. The van der Waals surface area contributed by atoms with Crippen molar-refractivity contribution in [3.63, 3.8) is 0 Å². The van der Waals surface area contributed by atoms with Gasteiger partial charge in [0.25, 0.3) is 0 Å². The molecule has 3 aromatic rings. The molecule has 0 aromatic carbocycles. The van der Waals surface area contributed by atoms with Crippen molar-refractivity contribution in [1.29, 1.82) is 5.41 Å². The van der Waals surface area contributed by atoms with E-state index in [0.717, 1.165) is 28.8 Å². The van der Waals surface area contributed by atoms with Crippen molar-refractivity contribution >= 4 is 40.8 Å². The van der Waals surface area contributed by atoms with E-state index in [1.54, 1.807) is 25.7 Å². The van der Waals surface area contributed by atoms with Crippen LogP contribution in [-0.2, 0) is 0 Å². The zero-order chi connectivity index (χ0) is 20.8. The molecule has 0 aliphatic heterocycles. The van der Waals surface area contributed by atoms with Crippen molar-refractivity contribution in [1.82, 2.24) is 20.2 Å². The molecule has 150 valence electrons. The molecule has 1 atom stereocenters. The molecule has 0 saturated heterocycles. The van der Waals surface area contributed by atoms with Gasteiger partial charge in [0.05, 0.1) is 28.8 Å². The maximum absolute atomic E-state index is 7.60. The molecule has 0 aliphatic carbocycles. The normalized spacial score (nSPS) is 12.4. The lowest BCUT2D eigenvalue weighted by atomic mass is 10.0. The van der Waals surface area contributed by atoms with E-state index in [1.165, 1.54) is 6.21 Å². The number of anilines is 3. The molecule has 0 aliphatic rings. The maximum atomic E-state index is 7.60. The second kappa shape index (κ2) is 9.18. The zero-order valence-corrected chi connectivity index (χ0v) is 17.2. The molecule has 2 N–H and O–H groups in total. The summed E-state index contributed by atoms with van der Waals surface area (Å²) in [6.07, 6.45) is 6.58. The Morgan fingerprint density at radius 2 is 2.00 bits per heavy atom. The van der Waals surface area contributed by atoms with Gasteiger partial charge in [-0.15, -0.1) is 5.10 Å². The van der Waals surface area contributed by atoms with E-state index >= 15 is 0 Å². The average Bonchev–Trinajstić information content (AvgIpc) is 2.72. The Labute approximate surface area is 170 Å². The summed E-state index contributed by atoms with van der Waals surface area (Å²) in [5.41, 5.74) is 3.41. The van der Waals surface area contributed by atoms with Crippen molar-refractivity contribution in [3.05, 3.63) is 42.2 Å². The Bertz CT molecular complexity index is 1010. The second-order valence-electron chi connectivity index (χ2n) is 6.91. The van der Waals surface area contributed by atoms with E-state index in [-0.39, 0.29) is 5.92 Å². The minimum absolute atomic E-state index is 0.214. The van der Waals surface area contributed by atoms with Gasteiger partial charge >= 0.3 is 0 Å². The third-order valence-corrected chi connectivity index (χ3v) is 4.62. The topological polar surface area (TPSA) is 103 Å². The number of hydrogen-bond donors (Lipinski definition) is 2. The number of nitrogens with zero attached hydrogens (tertiary/aromatic N) is 6. The number of aliphatic imine (C=N–C) groups is 1. The quantitative estimate of drug-likeness (QED) is 0.567. The molecule has 0 radical (unpaired) electrons. The van der Waals surface area contributed by atoms with Gasteiger partial charge in [0, 0.05) is 44.3 Å². The first-order chi connectivity index (χ1) is 14.0. The fourth-order valence-electron chi connectivity index (χ4n) is 3.21. The Kier molecular flexibility index (Phi) is 6.43. The van der Waals surface area contributed by atoms with E-state index < -0.39 is 0 Å². The summed E-state index contributed by atoms with van der Waals surface area (Å²) in [7, 11) is 1.69. The zero-order valence-electron chi connectivity index (χ0n) is 17.2. The molecule has 8 heteroatoms. The van der Waals surface area contributed by atoms with Crippen LogP contribution in [0.5, 0.6) is 0 Å². The fraction of sp³-hybridized carbons (Fsp3) is 0.333. The minimum Gasteiger partial charge on any atom is -0.368 e. The molecule has 29 heavy (non-hydrogen) atoms. The van der Waals surface area contributed by atoms with Crippen LogP contribution in [0.3, 0.4) is 0 Å². The molecule has 0 spiro atoms. The first-order valence-electron chi connectivity index (χ1n) is 9.61. The Balaban J connectivity index is 1.90. The van der Waals surface area contributed by atoms with Gasteiger partial charge in [0.2, 0.25) is 0 Å². The summed E-state index contributed by atoms with van der Waals surface area (Å²) in [5.74, 6) is 1.08. The molecular formula is C21H26N8. The van der Waals surface area contributed by atoms with E-state index in [4.69, 9.17) is 5.41 Å². The van der Waals surface area contributed by atoms with Crippen LogP contribution in [-0.4, -0.2) is 52.2 Å². The number of pyridine rings is 2. The predicted molar refractivity (Wildman–Crippen MR) is 119 cm³/mol. The third kappa shape index (κ3) is 4.71. The molecule has 0 fully saturated rings. The second-order valence-corrected chi connectivity index (χ2v) is 6.91. The van der Waals surface area contributed by atoms with Crippen LogP contribution in [0.15, 0.2) is 41.7 Å². The van der Waals surface area contributed by atoms with Gasteiger partial charge in [-0.1, -0.05) is 0 Å². The summed E-state index contributed by atoms with van der Waals surface area (Å²) in [5, 5.41) is 19.1. The molecule has 3 aromatic heterocycles. The van der Waals surface area contributed by atoms with Crippen LogP contribution >= 0.6 is 0 Å². The van der Waals surface area contributed by atoms with Crippen LogP contribution in [0.4, 0.5) is 17.3 Å². The van der Waals surface area contributed by atoms with Gasteiger partial charge in [-0.05, 0) is 44.5 Å². The first-order valence-corrected chi connectivity index (χ1v) is 9.61. The average molecular weight is 390 g/mol. The smallest absolute Gasteiger partial charge is 0.156 e. The molecule has 3 heterocycles. The van der Waals surface area contributed by atoms with E-state index in [0.29, 0.717) is 17.7 Å². The van der Waals surface area contributed by atoms with Crippen LogP contribution in [0, 0.1) is 5.41 Å². The Hall–Kier alpha value is -3.42. The number of hydrogen-bond acceptors (Lipinski definition) is 8. The lowest BCUT2D eigenvalue weighted by Crippen LogP contribution is -2.30. The highest BCUT2D eigenvalue weighted by molar-refractivity contribution is 5.90. The molecule has 0 amide bonds. The number of nitrogens with one attached hydrogen (secondary N) is 2. The van der Waals surface area contributed by atoms with Crippen molar-refractivity contribution in [3.8, 4) is 0 Å². The highest BCUT2D eigenvalue weighted by Crippen LogP contribution is 2.22. The lowest BCUT2D eigenvalue weighted by Gasteiger charge is -2.27. The monoisotopic (exact) mass is 390 g/mol. The number of fused-ring (bicyclic) bond motifs is 1. The van der Waals surface area contributed by atoms with Gasteiger partial charge in [0.15, 0.2) is 5.82 Å². The highest BCUT2D eigenvalue weighted by atomic mass is 15.2. The van der Waals surface area contributed by atoms with Gasteiger partial charge < -0.3 is 15.6 Å². The Morgan fingerprint density at radius 1 is 1.17 bits per heavy atom. The van der Waals surface area contributed by atoms with Crippen molar-refractivity contribution in [2.75, 3.05) is 23.8 Å². The lowest BCUT2D eigenvalue weighted by molar-refractivity contribution is 0.700. The van der Waals surface area contributed by atoms with Crippen molar-refractivity contribution in [2.24, 2.45) is 4.99 Å². The minimum atomic E-state index is -0.214. The molecule has 8 nitrogen and oxygen atoms in total. The first kappa shape index (κ1) is 20.3. The van der Waals surface area contributed by atoms with Crippen molar-refractivity contribution in [2.45, 2.75) is 32.7 Å². The highest BCUT2D eigenvalue weighted by Gasteiger charge is 2.11. The van der Waals surface area contributed by atoms with Crippen LogP contribution in [0.25, 0.3) is 11.0 Å². The van der Waals surface area contributed by atoms with Gasteiger partial charge in [-0.2, -0.15) is 5.10 Å². The third-order valence-electron chi connectivity index (χ3n) is 4.62. The largest absolute Gasteiger partial charge is 0.368 e. The van der Waals surface area contributed by atoms with E-state index in [9.17, 15) is 0 Å². The molecule has 0 bridgehead atoms. The van der Waals surface area contributed by atoms with Crippen LogP contribution in [0.2, 0.25) is 0 Å². The van der Waals surface area contributed by atoms with Gasteiger partial charge in [0.1, 0.15) is 5.82 Å². The maximum Gasteiger partial charge on any atom is 0.156 e. The number of rotatable bonds is 8. The fourth-order valence-corrected chi connectivity index (χ4v) is 3.21. The standard InChI is InChI=1S/C21H26N8/c1-5-29(14(2)3)17-9-21(28-25-13-17)27-20-7-6-18-19(26-20)8-15(12-24-18)16(10-22)11-23-4/h6-14,16,22H,5H2,1-4H3,(H,26,27,28). The molecular weight excluding hydrogens is 364 g/mol. The van der Waals surface area contributed by atoms with Crippen molar-refractivity contribution < 1.29 is 0 Å². The summed E-state index contributed by atoms with van der Waals surface area (Å²) >= 11 is 0. The molecule has 0 saturated carbocycles.